The highest BCUT2D eigenvalue weighted by atomic mass is 16.3. The van der Waals surface area contributed by atoms with E-state index in [4.69, 9.17) is 0 Å². The molecule has 0 saturated carbocycles. The van der Waals surface area contributed by atoms with Crippen molar-refractivity contribution < 1.29 is 14.7 Å². The Morgan fingerprint density at radius 2 is 1.90 bits per heavy atom. The van der Waals surface area contributed by atoms with Crippen molar-refractivity contribution in [3.8, 4) is 5.75 Å². The summed E-state index contributed by atoms with van der Waals surface area (Å²) in [5.41, 5.74) is 0.254. The molecule has 0 spiro atoms. The molecule has 2 fully saturated rings. The zero-order valence-corrected chi connectivity index (χ0v) is 16.7. The van der Waals surface area contributed by atoms with E-state index in [2.05, 4.69) is 21.7 Å². The van der Waals surface area contributed by atoms with Crippen LogP contribution in [0.5, 0.6) is 5.75 Å². The van der Waals surface area contributed by atoms with E-state index in [1.54, 1.807) is 29.4 Å². The number of likely N-dealkylation sites (tertiary alicyclic amines) is 2. The molecule has 0 radical (unpaired) electrons. The zero-order chi connectivity index (χ0) is 20.4. The number of aryl methyl sites for hydroxylation is 1. The van der Waals surface area contributed by atoms with Gasteiger partial charge in [0.1, 0.15) is 23.9 Å². The molecule has 1 unspecified atom stereocenters. The van der Waals surface area contributed by atoms with Crippen molar-refractivity contribution >= 4 is 11.8 Å². The Kier molecular flexibility index (Phi) is 5.51. The van der Waals surface area contributed by atoms with Gasteiger partial charge in [-0.1, -0.05) is 12.1 Å². The fourth-order valence-corrected chi connectivity index (χ4v) is 4.47. The number of nitrogens with zero attached hydrogens (tertiary/aromatic N) is 5. The molecule has 1 atom stereocenters. The van der Waals surface area contributed by atoms with E-state index in [-0.39, 0.29) is 23.1 Å². The smallest absolute Gasteiger partial charge is 0.258 e. The maximum absolute atomic E-state index is 13.2. The second kappa shape index (κ2) is 8.23. The number of carbonyl (C=O) groups excluding carboxylic acids is 2. The van der Waals surface area contributed by atoms with Crippen LogP contribution in [0.3, 0.4) is 0 Å². The van der Waals surface area contributed by atoms with Gasteiger partial charge in [-0.3, -0.25) is 9.59 Å². The summed E-state index contributed by atoms with van der Waals surface area (Å²) in [5, 5.41) is 18.3. The highest BCUT2D eigenvalue weighted by Crippen LogP contribution is 2.30. The van der Waals surface area contributed by atoms with Crippen LogP contribution in [-0.4, -0.2) is 67.2 Å². The average Bonchev–Trinajstić information content (AvgIpc) is 3.42. The third-order valence-corrected chi connectivity index (χ3v) is 6.09. The number of benzene rings is 1. The number of hydrogen-bond donors (Lipinski definition) is 1. The molecule has 4 rings (SSSR count). The number of aromatic nitrogens is 3. The molecule has 0 aliphatic carbocycles. The quantitative estimate of drug-likeness (QED) is 0.852. The molecule has 2 saturated heterocycles. The third-order valence-electron chi connectivity index (χ3n) is 6.09. The lowest BCUT2D eigenvalue weighted by atomic mass is 9.95. The lowest BCUT2D eigenvalue weighted by Crippen LogP contribution is -2.50. The monoisotopic (exact) mass is 397 g/mol. The van der Waals surface area contributed by atoms with Gasteiger partial charge in [-0.05, 0) is 44.7 Å². The van der Waals surface area contributed by atoms with Crippen molar-refractivity contribution in [2.45, 2.75) is 51.1 Å². The van der Waals surface area contributed by atoms with Crippen LogP contribution < -0.4 is 0 Å². The molecule has 2 aromatic rings. The average molecular weight is 397 g/mol. The molecule has 3 heterocycles. The molecule has 2 amide bonds. The Labute approximate surface area is 170 Å². The molecule has 2 aliphatic heterocycles. The van der Waals surface area contributed by atoms with Crippen molar-refractivity contribution in [1.82, 2.24) is 24.6 Å². The molecule has 8 nitrogen and oxygen atoms in total. The summed E-state index contributed by atoms with van der Waals surface area (Å²) in [4.78, 5) is 29.6. The fourth-order valence-electron chi connectivity index (χ4n) is 4.47. The van der Waals surface area contributed by atoms with E-state index in [1.807, 2.05) is 4.90 Å². The van der Waals surface area contributed by atoms with Crippen LogP contribution in [0.4, 0.5) is 0 Å². The van der Waals surface area contributed by atoms with Crippen molar-refractivity contribution in [3.05, 3.63) is 42.0 Å². The van der Waals surface area contributed by atoms with Crippen LogP contribution in [0, 0.1) is 0 Å². The number of phenols is 1. The molecule has 29 heavy (non-hydrogen) atoms. The number of amides is 2. The predicted molar refractivity (Wildman–Crippen MR) is 106 cm³/mol. The summed E-state index contributed by atoms with van der Waals surface area (Å²) in [5.74, 6) is 1.00. The van der Waals surface area contributed by atoms with Gasteiger partial charge in [0.2, 0.25) is 5.91 Å². The molecule has 1 aromatic carbocycles. The van der Waals surface area contributed by atoms with Crippen molar-refractivity contribution in [3.63, 3.8) is 0 Å². The van der Waals surface area contributed by atoms with Gasteiger partial charge >= 0.3 is 0 Å². The highest BCUT2D eigenvalue weighted by Gasteiger charge is 2.38. The summed E-state index contributed by atoms with van der Waals surface area (Å²) in [6.45, 7) is 4.78. The van der Waals surface area contributed by atoms with Crippen LogP contribution in [0.2, 0.25) is 0 Å². The van der Waals surface area contributed by atoms with Crippen LogP contribution in [-0.2, 0) is 11.3 Å². The molecular formula is C21H27N5O3. The Morgan fingerprint density at radius 3 is 2.62 bits per heavy atom. The Bertz CT molecular complexity index is 888. The number of phenolic OH excluding ortho intramolecular Hbond substituents is 1. The van der Waals surface area contributed by atoms with E-state index in [9.17, 15) is 14.7 Å². The van der Waals surface area contributed by atoms with Crippen LogP contribution in [0.25, 0.3) is 0 Å². The molecule has 1 N–H and O–H groups in total. The third kappa shape index (κ3) is 3.71. The lowest BCUT2D eigenvalue weighted by molar-refractivity contribution is -0.136. The predicted octanol–water partition coefficient (Wildman–Crippen LogP) is 2.01. The number of piperidine rings is 1. The second-order valence-electron chi connectivity index (χ2n) is 7.75. The first-order chi connectivity index (χ1) is 14.1. The normalized spacial score (nSPS) is 20.2. The van der Waals surface area contributed by atoms with Gasteiger partial charge in [0.25, 0.3) is 5.91 Å². The topological polar surface area (TPSA) is 91.6 Å². The van der Waals surface area contributed by atoms with Gasteiger partial charge in [0, 0.05) is 32.1 Å². The van der Waals surface area contributed by atoms with Crippen molar-refractivity contribution in [2.75, 3.05) is 19.6 Å². The fraction of sp³-hybridized carbons (Fsp3) is 0.524. The van der Waals surface area contributed by atoms with Crippen molar-refractivity contribution in [1.29, 1.82) is 0 Å². The van der Waals surface area contributed by atoms with Gasteiger partial charge in [-0.2, -0.15) is 0 Å². The lowest BCUT2D eigenvalue weighted by Gasteiger charge is -2.35. The Balaban J connectivity index is 1.42. The minimum atomic E-state index is -0.446. The highest BCUT2D eigenvalue weighted by molar-refractivity contribution is 5.99. The van der Waals surface area contributed by atoms with Crippen LogP contribution >= 0.6 is 0 Å². The Morgan fingerprint density at radius 1 is 1.14 bits per heavy atom. The molecule has 8 heteroatoms. The van der Waals surface area contributed by atoms with Gasteiger partial charge in [-0.15, -0.1) is 10.2 Å². The molecule has 154 valence electrons. The standard InChI is InChI=1S/C21H27N5O3/c1-2-24-14-22-23-19(24)15-9-12-25(13-10-15)21(29)17-7-5-11-26(17)20(28)16-6-3-4-8-18(16)27/h3-4,6,8,14-15,17,27H,2,5,7,9-13H2,1H3. The minimum absolute atomic E-state index is 0.0154. The summed E-state index contributed by atoms with van der Waals surface area (Å²) in [7, 11) is 0. The van der Waals surface area contributed by atoms with E-state index in [1.165, 1.54) is 6.07 Å². The summed E-state index contributed by atoms with van der Waals surface area (Å²) >= 11 is 0. The zero-order valence-electron chi connectivity index (χ0n) is 16.7. The summed E-state index contributed by atoms with van der Waals surface area (Å²) < 4.78 is 2.06. The van der Waals surface area contributed by atoms with E-state index in [0.29, 0.717) is 32.0 Å². The number of para-hydroxylation sites is 1. The first-order valence-electron chi connectivity index (χ1n) is 10.4. The number of rotatable bonds is 4. The maximum atomic E-state index is 13.2. The van der Waals surface area contributed by atoms with Gasteiger partial charge in [-0.25, -0.2) is 0 Å². The molecular weight excluding hydrogens is 370 g/mol. The van der Waals surface area contributed by atoms with Gasteiger partial charge < -0.3 is 19.5 Å². The SMILES string of the molecule is CCn1cnnc1C1CCN(C(=O)C2CCCN2C(=O)c2ccccc2O)CC1. The van der Waals surface area contributed by atoms with Crippen LogP contribution in [0.15, 0.2) is 30.6 Å². The number of carbonyl (C=O) groups is 2. The van der Waals surface area contributed by atoms with Crippen LogP contribution in [0.1, 0.15) is 54.7 Å². The van der Waals surface area contributed by atoms with Gasteiger partial charge in [0.15, 0.2) is 0 Å². The maximum Gasteiger partial charge on any atom is 0.258 e. The minimum Gasteiger partial charge on any atom is -0.507 e. The summed E-state index contributed by atoms with van der Waals surface area (Å²) in [6, 6.07) is 6.06. The number of hydrogen-bond acceptors (Lipinski definition) is 5. The summed E-state index contributed by atoms with van der Waals surface area (Å²) in [6.07, 6.45) is 4.93. The van der Waals surface area contributed by atoms with E-state index < -0.39 is 6.04 Å². The molecule has 1 aromatic heterocycles. The van der Waals surface area contributed by atoms with Gasteiger partial charge in [0.05, 0.1) is 5.56 Å². The number of aromatic hydroxyl groups is 1. The second-order valence-corrected chi connectivity index (χ2v) is 7.75. The van der Waals surface area contributed by atoms with Crippen molar-refractivity contribution in [2.24, 2.45) is 0 Å². The first kappa shape index (κ1) is 19.4. The first-order valence-corrected chi connectivity index (χ1v) is 10.4. The Hall–Kier alpha value is -2.90. The van der Waals surface area contributed by atoms with E-state index in [0.717, 1.165) is 31.6 Å². The molecule has 2 aliphatic rings. The van der Waals surface area contributed by atoms with E-state index >= 15 is 0 Å². The molecule has 0 bridgehead atoms. The largest absolute Gasteiger partial charge is 0.507 e.